The molecule has 0 radical (unpaired) electrons. The van der Waals surface area contributed by atoms with Gasteiger partial charge in [-0.2, -0.15) is 0 Å². The van der Waals surface area contributed by atoms with Gasteiger partial charge < -0.3 is 9.32 Å². The summed E-state index contributed by atoms with van der Waals surface area (Å²) in [5, 5.41) is 7.05. The lowest BCUT2D eigenvalue weighted by molar-refractivity contribution is 0.669. The van der Waals surface area contributed by atoms with Crippen molar-refractivity contribution in [3.63, 3.8) is 0 Å². The first-order valence-corrected chi connectivity index (χ1v) is 17.8. The fraction of sp³-hybridized carbons (Fsp3) is 0. The molecule has 0 aliphatic carbocycles. The van der Waals surface area contributed by atoms with Crippen LogP contribution in [-0.4, -0.2) is 0 Å². The number of hydrogen-bond acceptors (Lipinski definition) is 2. The van der Waals surface area contributed by atoms with Crippen molar-refractivity contribution in [2.24, 2.45) is 0 Å². The second kappa shape index (κ2) is 12.5. The third-order valence-electron chi connectivity index (χ3n) is 10.3. The summed E-state index contributed by atoms with van der Waals surface area (Å²) in [6.07, 6.45) is 0. The van der Waals surface area contributed by atoms with Crippen LogP contribution in [0.25, 0.3) is 76.9 Å². The molecule has 0 N–H and O–H groups in total. The third kappa shape index (κ3) is 5.12. The van der Waals surface area contributed by atoms with Gasteiger partial charge in [0.2, 0.25) is 0 Å². The predicted octanol–water partition coefficient (Wildman–Crippen LogP) is 14.4. The van der Waals surface area contributed by atoms with E-state index in [2.05, 4.69) is 193 Å². The lowest BCUT2D eigenvalue weighted by Gasteiger charge is -2.27. The molecule has 10 rings (SSSR count). The lowest BCUT2D eigenvalue weighted by Crippen LogP contribution is -2.10. The van der Waals surface area contributed by atoms with E-state index < -0.39 is 0 Å². The zero-order chi connectivity index (χ0) is 34.4. The summed E-state index contributed by atoms with van der Waals surface area (Å²) in [6.45, 7) is 0. The van der Waals surface area contributed by atoms with Crippen molar-refractivity contribution in [3.05, 3.63) is 200 Å². The summed E-state index contributed by atoms with van der Waals surface area (Å²) >= 11 is 0. The highest BCUT2D eigenvalue weighted by Gasteiger charge is 2.18. The zero-order valence-electron chi connectivity index (χ0n) is 28.4. The molecule has 0 bridgehead atoms. The van der Waals surface area contributed by atoms with Gasteiger partial charge in [-0.15, -0.1) is 0 Å². The van der Waals surface area contributed by atoms with E-state index in [0.29, 0.717) is 0 Å². The molecule has 0 saturated heterocycles. The summed E-state index contributed by atoms with van der Waals surface area (Å²) in [6, 6.07) is 71.7. The summed E-state index contributed by atoms with van der Waals surface area (Å²) in [5.74, 6) is 0. The minimum Gasteiger partial charge on any atom is -0.456 e. The Balaban J connectivity index is 1.14. The van der Waals surface area contributed by atoms with Crippen LogP contribution in [0.1, 0.15) is 0 Å². The quantitative estimate of drug-likeness (QED) is 0.165. The summed E-state index contributed by atoms with van der Waals surface area (Å²) in [7, 11) is 0. The Morgan fingerprint density at radius 3 is 1.58 bits per heavy atom. The van der Waals surface area contributed by atoms with Crippen molar-refractivity contribution in [3.8, 4) is 33.4 Å². The summed E-state index contributed by atoms with van der Waals surface area (Å²) < 4.78 is 6.26. The Bertz CT molecular complexity index is 2870. The minimum absolute atomic E-state index is 0.915. The number of hydrogen-bond donors (Lipinski definition) is 0. The molecule has 10 aromatic rings. The van der Waals surface area contributed by atoms with Crippen LogP contribution in [0.5, 0.6) is 0 Å². The first-order chi connectivity index (χ1) is 25.8. The van der Waals surface area contributed by atoms with Crippen molar-refractivity contribution in [1.82, 2.24) is 0 Å². The summed E-state index contributed by atoms with van der Waals surface area (Å²) in [5.41, 5.74) is 12.4. The zero-order valence-corrected chi connectivity index (χ0v) is 28.4. The van der Waals surface area contributed by atoms with Crippen LogP contribution in [0.2, 0.25) is 0 Å². The van der Waals surface area contributed by atoms with E-state index in [1.807, 2.05) is 12.1 Å². The number of furan rings is 1. The fourth-order valence-corrected chi connectivity index (χ4v) is 7.74. The smallest absolute Gasteiger partial charge is 0.136 e. The molecule has 1 aromatic heterocycles. The number of fused-ring (bicyclic) bond motifs is 6. The molecular formula is C50H33NO. The van der Waals surface area contributed by atoms with Crippen LogP contribution >= 0.6 is 0 Å². The molecule has 0 unspecified atom stereocenters. The Morgan fingerprint density at radius 2 is 0.865 bits per heavy atom. The first-order valence-electron chi connectivity index (χ1n) is 17.8. The normalized spacial score (nSPS) is 11.5. The Kier molecular flexibility index (Phi) is 7.18. The monoisotopic (exact) mass is 663 g/mol. The van der Waals surface area contributed by atoms with E-state index in [1.54, 1.807) is 0 Å². The van der Waals surface area contributed by atoms with Gasteiger partial charge >= 0.3 is 0 Å². The molecule has 0 atom stereocenters. The van der Waals surface area contributed by atoms with Gasteiger partial charge in [-0.1, -0.05) is 152 Å². The first kappa shape index (κ1) is 30.0. The average molecular weight is 664 g/mol. The van der Waals surface area contributed by atoms with Gasteiger partial charge in [0.05, 0.1) is 5.69 Å². The fourth-order valence-electron chi connectivity index (χ4n) is 7.74. The molecular weight excluding hydrogens is 631 g/mol. The molecule has 2 nitrogen and oxygen atoms in total. The maximum atomic E-state index is 6.26. The molecule has 0 spiro atoms. The molecule has 52 heavy (non-hydrogen) atoms. The lowest BCUT2D eigenvalue weighted by atomic mass is 9.94. The van der Waals surface area contributed by atoms with E-state index in [1.165, 1.54) is 49.5 Å². The van der Waals surface area contributed by atoms with E-state index in [9.17, 15) is 0 Å². The van der Waals surface area contributed by atoms with Gasteiger partial charge in [-0.25, -0.2) is 0 Å². The van der Waals surface area contributed by atoms with Crippen LogP contribution < -0.4 is 4.90 Å². The van der Waals surface area contributed by atoms with Crippen molar-refractivity contribution in [2.75, 3.05) is 4.90 Å². The van der Waals surface area contributed by atoms with Crippen molar-refractivity contribution < 1.29 is 4.42 Å². The SMILES string of the molecule is c1ccc(-c2ccc(N(c3ccc(-c4ccccc4-c4ccccc4)cc3)c3cccc4c3ccc3cc5oc6ccccc6c5cc34)cc2)cc1. The maximum Gasteiger partial charge on any atom is 0.136 e. The van der Waals surface area contributed by atoms with Crippen LogP contribution in [0, 0.1) is 0 Å². The highest BCUT2D eigenvalue weighted by molar-refractivity contribution is 6.18. The molecule has 2 heteroatoms. The van der Waals surface area contributed by atoms with Crippen molar-refractivity contribution >= 4 is 60.5 Å². The van der Waals surface area contributed by atoms with Crippen LogP contribution in [0.3, 0.4) is 0 Å². The van der Waals surface area contributed by atoms with Gasteiger partial charge in [0.25, 0.3) is 0 Å². The van der Waals surface area contributed by atoms with Gasteiger partial charge in [-0.05, 0) is 98.1 Å². The molecule has 1 heterocycles. The van der Waals surface area contributed by atoms with E-state index in [0.717, 1.165) is 44.4 Å². The maximum absolute atomic E-state index is 6.26. The minimum atomic E-state index is 0.915. The molecule has 0 aliphatic heterocycles. The molecule has 0 fully saturated rings. The Morgan fingerprint density at radius 1 is 0.308 bits per heavy atom. The van der Waals surface area contributed by atoms with E-state index >= 15 is 0 Å². The summed E-state index contributed by atoms with van der Waals surface area (Å²) in [4.78, 5) is 2.39. The van der Waals surface area contributed by atoms with E-state index in [-0.39, 0.29) is 0 Å². The topological polar surface area (TPSA) is 16.4 Å². The predicted molar refractivity (Wildman–Crippen MR) is 220 cm³/mol. The van der Waals surface area contributed by atoms with Gasteiger partial charge in [-0.3, -0.25) is 0 Å². The largest absolute Gasteiger partial charge is 0.456 e. The highest BCUT2D eigenvalue weighted by atomic mass is 16.3. The number of benzene rings is 9. The molecule has 0 aliphatic rings. The van der Waals surface area contributed by atoms with Gasteiger partial charge in [0.15, 0.2) is 0 Å². The number of para-hydroxylation sites is 1. The second-order valence-corrected chi connectivity index (χ2v) is 13.3. The van der Waals surface area contributed by atoms with Crippen LogP contribution in [0.4, 0.5) is 17.1 Å². The average Bonchev–Trinajstić information content (AvgIpc) is 3.59. The van der Waals surface area contributed by atoms with E-state index in [4.69, 9.17) is 4.42 Å². The Labute approximate surface area is 302 Å². The van der Waals surface area contributed by atoms with Crippen LogP contribution in [0.15, 0.2) is 205 Å². The highest BCUT2D eigenvalue weighted by Crippen LogP contribution is 2.43. The van der Waals surface area contributed by atoms with Gasteiger partial charge in [0, 0.05) is 27.5 Å². The number of anilines is 3. The van der Waals surface area contributed by atoms with Crippen LogP contribution in [-0.2, 0) is 0 Å². The molecule has 0 amide bonds. The van der Waals surface area contributed by atoms with Crippen molar-refractivity contribution in [1.29, 1.82) is 0 Å². The Hall–Kier alpha value is -6.90. The molecule has 0 saturated carbocycles. The molecule has 244 valence electrons. The number of rotatable bonds is 6. The standard InChI is InChI=1S/C50H33NO/c1-3-12-34(13-4-1)35-22-27-39(28-23-35)51(40-29-24-37(25-30-40)42-17-8-7-16-41(42)36-14-5-2-6-15-36)48-20-11-19-43-44(48)31-26-38-32-50-47(33-46(38)43)45-18-9-10-21-49(45)52-50/h1-33H. The van der Waals surface area contributed by atoms with Crippen molar-refractivity contribution in [2.45, 2.75) is 0 Å². The number of nitrogens with zero attached hydrogens (tertiary/aromatic N) is 1. The molecule has 9 aromatic carbocycles. The van der Waals surface area contributed by atoms with Gasteiger partial charge in [0.1, 0.15) is 11.2 Å². The second-order valence-electron chi connectivity index (χ2n) is 13.3. The third-order valence-corrected chi connectivity index (χ3v) is 10.3.